The SMILES string of the molecule is COc1ccc2cc(CN(Cc3cccnc3)C(=O)c3cccnc3)c(=O)[nH]c2c1. The molecule has 0 saturated carbocycles. The van der Waals surface area contributed by atoms with Gasteiger partial charge in [0.15, 0.2) is 0 Å². The van der Waals surface area contributed by atoms with Gasteiger partial charge in [-0.25, -0.2) is 0 Å². The van der Waals surface area contributed by atoms with Gasteiger partial charge in [0.25, 0.3) is 11.5 Å². The molecule has 7 nitrogen and oxygen atoms in total. The summed E-state index contributed by atoms with van der Waals surface area (Å²) in [4.78, 5) is 38.5. The van der Waals surface area contributed by atoms with Crippen LogP contribution < -0.4 is 10.3 Å². The fraction of sp³-hybridized carbons (Fsp3) is 0.130. The summed E-state index contributed by atoms with van der Waals surface area (Å²) < 4.78 is 5.22. The van der Waals surface area contributed by atoms with Crippen LogP contribution in [0.1, 0.15) is 21.5 Å². The molecule has 0 aliphatic carbocycles. The number of carbonyl (C=O) groups excluding carboxylic acids is 1. The lowest BCUT2D eigenvalue weighted by molar-refractivity contribution is 0.0729. The first-order valence-corrected chi connectivity index (χ1v) is 9.42. The number of methoxy groups -OCH3 is 1. The number of nitrogens with zero attached hydrogens (tertiary/aromatic N) is 3. The topological polar surface area (TPSA) is 88.2 Å². The molecule has 0 spiro atoms. The van der Waals surface area contributed by atoms with Gasteiger partial charge in [-0.3, -0.25) is 19.6 Å². The molecule has 0 unspecified atom stereocenters. The molecule has 4 rings (SSSR count). The highest BCUT2D eigenvalue weighted by Gasteiger charge is 2.19. The average molecular weight is 400 g/mol. The van der Waals surface area contributed by atoms with Crippen LogP contribution >= 0.6 is 0 Å². The molecule has 0 radical (unpaired) electrons. The Morgan fingerprint density at radius 2 is 1.83 bits per heavy atom. The van der Waals surface area contributed by atoms with Gasteiger partial charge in [0.1, 0.15) is 5.75 Å². The number of rotatable bonds is 6. The molecule has 0 fully saturated rings. The van der Waals surface area contributed by atoms with Crippen LogP contribution in [0, 0.1) is 0 Å². The third kappa shape index (κ3) is 4.20. The Labute approximate surface area is 173 Å². The third-order valence-corrected chi connectivity index (χ3v) is 4.78. The van der Waals surface area contributed by atoms with E-state index in [2.05, 4.69) is 15.0 Å². The van der Waals surface area contributed by atoms with Crippen molar-refractivity contribution in [3.05, 3.63) is 100 Å². The van der Waals surface area contributed by atoms with Crippen molar-refractivity contribution in [1.82, 2.24) is 19.9 Å². The fourth-order valence-corrected chi connectivity index (χ4v) is 3.26. The first-order chi connectivity index (χ1) is 14.6. The Bertz CT molecular complexity index is 1220. The predicted molar refractivity (Wildman–Crippen MR) is 113 cm³/mol. The van der Waals surface area contributed by atoms with Crippen LogP contribution in [0.2, 0.25) is 0 Å². The molecule has 3 aromatic heterocycles. The molecule has 0 saturated heterocycles. The number of ether oxygens (including phenoxy) is 1. The standard InChI is InChI=1S/C23H20N4O3/c1-30-20-7-6-17-10-19(22(28)26-21(17)11-20)15-27(14-16-4-2-8-24-12-16)23(29)18-5-3-9-25-13-18/h2-13H,14-15H2,1H3,(H,26,28). The molecule has 0 aliphatic heterocycles. The molecule has 0 aliphatic rings. The molecule has 1 amide bonds. The zero-order chi connectivity index (χ0) is 20.9. The Kier molecular flexibility index (Phi) is 5.52. The number of nitrogens with one attached hydrogen (secondary N) is 1. The summed E-state index contributed by atoms with van der Waals surface area (Å²) >= 11 is 0. The Balaban J connectivity index is 1.69. The van der Waals surface area contributed by atoms with Crippen LogP contribution in [-0.2, 0) is 13.1 Å². The molecule has 4 aromatic rings. The number of fused-ring (bicyclic) bond motifs is 1. The van der Waals surface area contributed by atoms with Crippen LogP contribution in [0.25, 0.3) is 10.9 Å². The lowest BCUT2D eigenvalue weighted by Crippen LogP contribution is -2.32. The lowest BCUT2D eigenvalue weighted by atomic mass is 10.1. The fourth-order valence-electron chi connectivity index (χ4n) is 3.26. The Hall–Kier alpha value is -4.00. The van der Waals surface area contributed by atoms with Crippen molar-refractivity contribution < 1.29 is 9.53 Å². The number of carbonyl (C=O) groups is 1. The number of aromatic amines is 1. The molecular formula is C23H20N4O3. The van der Waals surface area contributed by atoms with Crippen molar-refractivity contribution in [3.8, 4) is 5.75 Å². The van der Waals surface area contributed by atoms with E-state index in [1.807, 2.05) is 24.3 Å². The predicted octanol–water partition coefficient (Wildman–Crippen LogP) is 3.17. The van der Waals surface area contributed by atoms with Crippen LogP contribution in [-0.4, -0.2) is 32.9 Å². The van der Waals surface area contributed by atoms with Gasteiger partial charge >= 0.3 is 0 Å². The minimum absolute atomic E-state index is 0.153. The first kappa shape index (κ1) is 19.3. The maximum atomic E-state index is 13.1. The van der Waals surface area contributed by atoms with Crippen LogP contribution in [0.5, 0.6) is 5.75 Å². The lowest BCUT2D eigenvalue weighted by Gasteiger charge is -2.23. The highest BCUT2D eigenvalue weighted by Crippen LogP contribution is 2.20. The minimum Gasteiger partial charge on any atom is -0.497 e. The number of benzene rings is 1. The number of amides is 1. The summed E-state index contributed by atoms with van der Waals surface area (Å²) in [6, 6.07) is 14.4. The Morgan fingerprint density at radius 3 is 2.53 bits per heavy atom. The van der Waals surface area contributed by atoms with Gasteiger partial charge in [0, 0.05) is 43.0 Å². The Morgan fingerprint density at radius 1 is 1.03 bits per heavy atom. The zero-order valence-electron chi connectivity index (χ0n) is 16.4. The number of aromatic nitrogens is 3. The van der Waals surface area contributed by atoms with Crippen molar-refractivity contribution in [1.29, 1.82) is 0 Å². The maximum absolute atomic E-state index is 13.1. The highest BCUT2D eigenvalue weighted by molar-refractivity contribution is 5.93. The average Bonchev–Trinajstić information content (AvgIpc) is 2.79. The van der Waals surface area contributed by atoms with E-state index in [0.29, 0.717) is 28.9 Å². The second-order valence-corrected chi connectivity index (χ2v) is 6.84. The smallest absolute Gasteiger partial charge is 0.256 e. The number of H-pyrrole nitrogens is 1. The normalized spacial score (nSPS) is 10.7. The van der Waals surface area contributed by atoms with E-state index in [4.69, 9.17) is 4.74 Å². The first-order valence-electron chi connectivity index (χ1n) is 9.42. The quantitative estimate of drug-likeness (QED) is 0.537. The van der Waals surface area contributed by atoms with Gasteiger partial charge in [-0.05, 0) is 47.3 Å². The van der Waals surface area contributed by atoms with Gasteiger partial charge in [0.05, 0.1) is 24.7 Å². The molecule has 0 atom stereocenters. The largest absolute Gasteiger partial charge is 0.497 e. The van der Waals surface area contributed by atoms with Crippen molar-refractivity contribution in [2.75, 3.05) is 7.11 Å². The van der Waals surface area contributed by atoms with E-state index >= 15 is 0 Å². The van der Waals surface area contributed by atoms with E-state index in [9.17, 15) is 9.59 Å². The van der Waals surface area contributed by atoms with Gasteiger partial charge in [-0.1, -0.05) is 6.07 Å². The summed E-state index contributed by atoms with van der Waals surface area (Å²) in [5.41, 5.74) is 2.26. The van der Waals surface area contributed by atoms with Crippen LogP contribution in [0.15, 0.2) is 78.1 Å². The van der Waals surface area contributed by atoms with Crippen molar-refractivity contribution >= 4 is 16.8 Å². The maximum Gasteiger partial charge on any atom is 0.256 e. The second kappa shape index (κ2) is 8.57. The molecular weight excluding hydrogens is 380 g/mol. The van der Waals surface area contributed by atoms with Gasteiger partial charge < -0.3 is 14.6 Å². The third-order valence-electron chi connectivity index (χ3n) is 4.78. The molecule has 150 valence electrons. The zero-order valence-corrected chi connectivity index (χ0v) is 16.4. The molecule has 7 heteroatoms. The van der Waals surface area contributed by atoms with Crippen LogP contribution in [0.4, 0.5) is 0 Å². The van der Waals surface area contributed by atoms with Crippen molar-refractivity contribution in [2.24, 2.45) is 0 Å². The van der Waals surface area contributed by atoms with Gasteiger partial charge in [0.2, 0.25) is 0 Å². The monoisotopic (exact) mass is 400 g/mol. The minimum atomic E-state index is -0.245. The van der Waals surface area contributed by atoms with E-state index in [1.165, 1.54) is 6.20 Å². The van der Waals surface area contributed by atoms with E-state index in [0.717, 1.165) is 10.9 Å². The number of hydrogen-bond donors (Lipinski definition) is 1. The van der Waals surface area contributed by atoms with Crippen molar-refractivity contribution in [3.63, 3.8) is 0 Å². The molecule has 0 bridgehead atoms. The summed E-state index contributed by atoms with van der Waals surface area (Å²) in [5.74, 6) is 0.456. The molecule has 30 heavy (non-hydrogen) atoms. The number of pyridine rings is 3. The molecule has 3 heterocycles. The summed E-state index contributed by atoms with van der Waals surface area (Å²) in [6.45, 7) is 0.474. The summed E-state index contributed by atoms with van der Waals surface area (Å²) in [5, 5.41) is 0.862. The second-order valence-electron chi connectivity index (χ2n) is 6.84. The molecule has 1 aromatic carbocycles. The number of hydrogen-bond acceptors (Lipinski definition) is 5. The van der Waals surface area contributed by atoms with E-state index < -0.39 is 0 Å². The highest BCUT2D eigenvalue weighted by atomic mass is 16.5. The summed E-state index contributed by atoms with van der Waals surface area (Å²) in [6.07, 6.45) is 6.53. The van der Waals surface area contributed by atoms with Crippen LogP contribution in [0.3, 0.4) is 0 Å². The van der Waals surface area contributed by atoms with E-state index in [-0.39, 0.29) is 18.0 Å². The van der Waals surface area contributed by atoms with Crippen molar-refractivity contribution in [2.45, 2.75) is 13.1 Å². The van der Waals surface area contributed by atoms with Gasteiger partial charge in [-0.2, -0.15) is 0 Å². The summed E-state index contributed by atoms with van der Waals surface area (Å²) in [7, 11) is 1.58. The van der Waals surface area contributed by atoms with E-state index in [1.54, 1.807) is 54.9 Å². The molecule has 1 N–H and O–H groups in total. The van der Waals surface area contributed by atoms with Gasteiger partial charge in [-0.15, -0.1) is 0 Å².